The normalized spacial score (nSPS) is 12.1. The van der Waals surface area contributed by atoms with Crippen LogP contribution in [0.1, 0.15) is 5.56 Å². The van der Waals surface area contributed by atoms with Crippen molar-refractivity contribution in [2.24, 2.45) is 0 Å². The molecular weight excluding hydrogens is 260 g/mol. The molecule has 1 aromatic heterocycles. The van der Waals surface area contributed by atoms with E-state index in [1.807, 2.05) is 12.1 Å². The molecular formula is C14H20N2O2S. The van der Waals surface area contributed by atoms with Crippen molar-refractivity contribution < 1.29 is 8.42 Å². The van der Waals surface area contributed by atoms with E-state index < -0.39 is 9.84 Å². The summed E-state index contributed by atoms with van der Waals surface area (Å²) < 4.78 is 24.2. The van der Waals surface area contributed by atoms with Gasteiger partial charge in [0.25, 0.3) is 0 Å². The number of nitrogens with zero attached hydrogens (tertiary/aromatic N) is 1. The van der Waals surface area contributed by atoms with Crippen LogP contribution in [-0.4, -0.2) is 38.1 Å². The Labute approximate surface area is 114 Å². The highest BCUT2D eigenvalue weighted by molar-refractivity contribution is 7.90. The number of aryl methyl sites for hydroxylation is 1. The molecule has 0 spiro atoms. The van der Waals surface area contributed by atoms with Gasteiger partial charge >= 0.3 is 0 Å². The Morgan fingerprint density at radius 2 is 1.95 bits per heavy atom. The molecule has 1 heterocycles. The highest BCUT2D eigenvalue weighted by atomic mass is 32.2. The summed E-state index contributed by atoms with van der Waals surface area (Å²) >= 11 is 0. The van der Waals surface area contributed by atoms with Gasteiger partial charge in [0.15, 0.2) is 0 Å². The fourth-order valence-corrected chi connectivity index (χ4v) is 2.71. The fourth-order valence-electron chi connectivity index (χ4n) is 2.20. The van der Waals surface area contributed by atoms with Crippen molar-refractivity contribution in [1.82, 2.24) is 9.88 Å². The third-order valence-electron chi connectivity index (χ3n) is 3.17. The van der Waals surface area contributed by atoms with E-state index in [0.29, 0.717) is 6.54 Å². The van der Waals surface area contributed by atoms with Crippen LogP contribution in [0.5, 0.6) is 0 Å². The van der Waals surface area contributed by atoms with Gasteiger partial charge in [-0.05, 0) is 18.6 Å². The highest BCUT2D eigenvalue weighted by Gasteiger charge is 2.04. The summed E-state index contributed by atoms with van der Waals surface area (Å²) in [6.07, 6.45) is 3.40. The third kappa shape index (κ3) is 3.81. The van der Waals surface area contributed by atoms with Crippen molar-refractivity contribution in [3.05, 3.63) is 36.0 Å². The maximum Gasteiger partial charge on any atom is 0.148 e. The number of fused-ring (bicyclic) bond motifs is 1. The first-order valence-corrected chi connectivity index (χ1v) is 8.46. The molecule has 0 aliphatic heterocycles. The molecule has 0 atom stereocenters. The molecule has 0 unspecified atom stereocenters. The number of rotatable bonds is 6. The topological polar surface area (TPSA) is 51.1 Å². The molecule has 0 fully saturated rings. The fraction of sp³-hybridized carbons (Fsp3) is 0.429. The monoisotopic (exact) mass is 280 g/mol. The largest absolute Gasteiger partial charge is 0.346 e. The lowest BCUT2D eigenvalue weighted by Gasteiger charge is -2.06. The number of para-hydroxylation sites is 1. The predicted octanol–water partition coefficient (Wildman–Crippen LogP) is 1.58. The van der Waals surface area contributed by atoms with E-state index in [0.717, 1.165) is 13.1 Å². The van der Waals surface area contributed by atoms with Crippen LogP contribution in [-0.2, 0) is 16.4 Å². The molecule has 4 nitrogen and oxygen atoms in total. The van der Waals surface area contributed by atoms with Crippen LogP contribution in [0.4, 0.5) is 0 Å². The molecule has 1 N–H and O–H groups in total. The van der Waals surface area contributed by atoms with Gasteiger partial charge in [0, 0.05) is 43.0 Å². The second kappa shape index (κ2) is 5.75. The van der Waals surface area contributed by atoms with Gasteiger partial charge in [0.1, 0.15) is 9.84 Å². The molecule has 0 radical (unpaired) electrons. The Morgan fingerprint density at radius 1 is 1.21 bits per heavy atom. The number of nitrogens with one attached hydrogen (secondary N) is 1. The zero-order valence-electron chi connectivity index (χ0n) is 11.4. The first-order valence-electron chi connectivity index (χ1n) is 6.40. The van der Waals surface area contributed by atoms with Crippen LogP contribution < -0.4 is 5.32 Å². The Hall–Kier alpha value is -1.33. The van der Waals surface area contributed by atoms with Crippen molar-refractivity contribution in [1.29, 1.82) is 0 Å². The van der Waals surface area contributed by atoms with E-state index >= 15 is 0 Å². The molecule has 0 saturated heterocycles. The minimum absolute atomic E-state index is 0.193. The second-order valence-corrected chi connectivity index (χ2v) is 7.16. The van der Waals surface area contributed by atoms with Gasteiger partial charge in [0.2, 0.25) is 0 Å². The molecule has 0 amide bonds. The highest BCUT2D eigenvalue weighted by Crippen LogP contribution is 2.19. The summed E-state index contributed by atoms with van der Waals surface area (Å²) in [5.41, 5.74) is 2.50. The quantitative estimate of drug-likeness (QED) is 0.817. The van der Waals surface area contributed by atoms with Crippen molar-refractivity contribution in [3.8, 4) is 0 Å². The second-order valence-electron chi connectivity index (χ2n) is 4.90. The first-order chi connectivity index (χ1) is 8.97. The SMILES string of the molecule is Cc1cn(CCNCCS(C)(=O)=O)c2ccccc12. The van der Waals surface area contributed by atoms with E-state index in [9.17, 15) is 8.42 Å². The molecule has 1 aromatic carbocycles. The lowest BCUT2D eigenvalue weighted by atomic mass is 10.2. The van der Waals surface area contributed by atoms with Crippen LogP contribution in [0, 0.1) is 6.92 Å². The summed E-state index contributed by atoms with van der Waals surface area (Å²) in [7, 11) is -2.87. The lowest BCUT2D eigenvalue weighted by molar-refractivity contribution is 0.589. The molecule has 19 heavy (non-hydrogen) atoms. The summed E-state index contributed by atoms with van der Waals surface area (Å²) in [5, 5.41) is 4.44. The molecule has 104 valence electrons. The van der Waals surface area contributed by atoms with Crippen LogP contribution in [0.25, 0.3) is 10.9 Å². The van der Waals surface area contributed by atoms with Crippen LogP contribution >= 0.6 is 0 Å². The summed E-state index contributed by atoms with van der Waals surface area (Å²) in [4.78, 5) is 0. The van der Waals surface area contributed by atoms with Gasteiger partial charge in [-0.2, -0.15) is 0 Å². The Morgan fingerprint density at radius 3 is 2.68 bits per heavy atom. The minimum Gasteiger partial charge on any atom is -0.346 e. The standard InChI is InChI=1S/C14H20N2O2S/c1-12-11-16(14-6-4-3-5-13(12)14)9-7-15-8-10-19(2,17)18/h3-6,11,15H,7-10H2,1-2H3. The number of benzene rings is 1. The number of aromatic nitrogens is 1. The number of hydrogen-bond acceptors (Lipinski definition) is 3. The molecule has 5 heteroatoms. The zero-order valence-corrected chi connectivity index (χ0v) is 12.2. The van der Waals surface area contributed by atoms with Crippen LogP contribution in [0.3, 0.4) is 0 Å². The van der Waals surface area contributed by atoms with Gasteiger partial charge < -0.3 is 9.88 Å². The van der Waals surface area contributed by atoms with Crippen molar-refractivity contribution >= 4 is 20.7 Å². The van der Waals surface area contributed by atoms with E-state index in [1.165, 1.54) is 22.7 Å². The molecule has 2 rings (SSSR count). The Balaban J connectivity index is 1.92. The molecule has 2 aromatic rings. The van der Waals surface area contributed by atoms with E-state index in [2.05, 4.69) is 35.1 Å². The van der Waals surface area contributed by atoms with Crippen molar-refractivity contribution in [2.75, 3.05) is 25.1 Å². The maximum absolute atomic E-state index is 11.0. The zero-order chi connectivity index (χ0) is 13.9. The van der Waals surface area contributed by atoms with Crippen molar-refractivity contribution in [2.45, 2.75) is 13.5 Å². The maximum atomic E-state index is 11.0. The number of hydrogen-bond donors (Lipinski definition) is 1. The van der Waals surface area contributed by atoms with Gasteiger partial charge in [-0.3, -0.25) is 0 Å². The van der Waals surface area contributed by atoms with Crippen molar-refractivity contribution in [3.63, 3.8) is 0 Å². The van der Waals surface area contributed by atoms with E-state index in [4.69, 9.17) is 0 Å². The van der Waals surface area contributed by atoms with Crippen LogP contribution in [0.15, 0.2) is 30.5 Å². The lowest BCUT2D eigenvalue weighted by Crippen LogP contribution is -2.25. The molecule has 0 aliphatic carbocycles. The Kier molecular flexibility index (Phi) is 4.27. The predicted molar refractivity (Wildman–Crippen MR) is 79.3 cm³/mol. The Bertz CT molecular complexity index is 659. The molecule has 0 saturated carbocycles. The van der Waals surface area contributed by atoms with E-state index in [-0.39, 0.29) is 5.75 Å². The minimum atomic E-state index is -2.87. The first kappa shape index (κ1) is 14.1. The van der Waals surface area contributed by atoms with Gasteiger partial charge in [-0.25, -0.2) is 8.42 Å². The summed E-state index contributed by atoms with van der Waals surface area (Å²) in [6.45, 7) is 4.23. The molecule has 0 bridgehead atoms. The van der Waals surface area contributed by atoms with E-state index in [1.54, 1.807) is 0 Å². The third-order valence-corrected chi connectivity index (χ3v) is 4.11. The summed E-state index contributed by atoms with van der Waals surface area (Å²) in [6, 6.07) is 8.32. The summed E-state index contributed by atoms with van der Waals surface area (Å²) in [5.74, 6) is 0.193. The van der Waals surface area contributed by atoms with Gasteiger partial charge in [0.05, 0.1) is 5.75 Å². The smallest absolute Gasteiger partial charge is 0.148 e. The van der Waals surface area contributed by atoms with Gasteiger partial charge in [-0.15, -0.1) is 0 Å². The van der Waals surface area contributed by atoms with Gasteiger partial charge in [-0.1, -0.05) is 18.2 Å². The number of sulfone groups is 1. The molecule has 0 aliphatic rings. The average Bonchev–Trinajstić information content (AvgIpc) is 2.65. The van der Waals surface area contributed by atoms with Crippen LogP contribution in [0.2, 0.25) is 0 Å². The average molecular weight is 280 g/mol.